The van der Waals surface area contributed by atoms with Crippen LogP contribution in [-0.2, 0) is 6.42 Å². The number of aryl methyl sites for hydroxylation is 1. The van der Waals surface area contributed by atoms with Gasteiger partial charge in [-0.05, 0) is 30.5 Å². The molecule has 0 amide bonds. The lowest BCUT2D eigenvalue weighted by Gasteiger charge is -2.00. The molecule has 0 atom stereocenters. The molecule has 2 aromatic rings. The number of halogens is 1. The molecule has 0 aliphatic heterocycles. The van der Waals surface area contributed by atoms with Gasteiger partial charge < -0.3 is 0 Å². The van der Waals surface area contributed by atoms with E-state index in [0.29, 0.717) is 5.88 Å². The van der Waals surface area contributed by atoms with Crippen LogP contribution in [0, 0.1) is 0 Å². The van der Waals surface area contributed by atoms with Crippen molar-refractivity contribution in [3.8, 4) is 5.69 Å². The van der Waals surface area contributed by atoms with Crippen LogP contribution in [-0.4, -0.2) is 27.1 Å². The largest absolute Gasteiger partial charge is 0.220 e. The normalized spacial score (nSPS) is 10.6. The predicted molar refractivity (Wildman–Crippen MR) is 67.6 cm³/mol. The lowest BCUT2D eigenvalue weighted by molar-refractivity contribution is 0.797. The molecule has 84 valence electrons. The van der Waals surface area contributed by atoms with Crippen molar-refractivity contribution in [3.63, 3.8) is 0 Å². The fourth-order valence-electron chi connectivity index (χ4n) is 1.37. The Labute approximate surface area is 104 Å². The Balaban J connectivity index is 2.21. The summed E-state index contributed by atoms with van der Waals surface area (Å²) in [4.78, 5) is 1.24. The fourth-order valence-corrected chi connectivity index (χ4v) is 1.97. The van der Waals surface area contributed by atoms with Gasteiger partial charge in [0.15, 0.2) is 0 Å². The van der Waals surface area contributed by atoms with Gasteiger partial charge in [-0.1, -0.05) is 5.21 Å². The van der Waals surface area contributed by atoms with Crippen LogP contribution in [0.1, 0.15) is 5.69 Å². The highest BCUT2D eigenvalue weighted by molar-refractivity contribution is 7.98. The zero-order valence-corrected chi connectivity index (χ0v) is 10.5. The molecule has 3 nitrogen and oxygen atoms in total. The van der Waals surface area contributed by atoms with Crippen molar-refractivity contribution >= 4 is 23.4 Å². The first-order chi connectivity index (χ1) is 7.83. The van der Waals surface area contributed by atoms with Gasteiger partial charge in [-0.25, -0.2) is 4.68 Å². The van der Waals surface area contributed by atoms with Crippen LogP contribution in [0.4, 0.5) is 0 Å². The molecule has 16 heavy (non-hydrogen) atoms. The molecular formula is C11H12ClN3S. The van der Waals surface area contributed by atoms with Crippen molar-refractivity contribution in [3.05, 3.63) is 36.2 Å². The average molecular weight is 254 g/mol. The maximum atomic E-state index is 5.65. The first-order valence-electron chi connectivity index (χ1n) is 4.95. The lowest BCUT2D eigenvalue weighted by atomic mass is 10.3. The van der Waals surface area contributed by atoms with E-state index in [4.69, 9.17) is 11.6 Å². The van der Waals surface area contributed by atoms with Crippen LogP contribution >= 0.6 is 23.4 Å². The molecule has 0 spiro atoms. The van der Waals surface area contributed by atoms with E-state index in [1.807, 2.05) is 18.3 Å². The van der Waals surface area contributed by atoms with Gasteiger partial charge in [-0.15, -0.1) is 28.5 Å². The molecular weight excluding hydrogens is 242 g/mol. The summed E-state index contributed by atoms with van der Waals surface area (Å²) in [6.07, 6.45) is 4.73. The van der Waals surface area contributed by atoms with E-state index in [-0.39, 0.29) is 0 Å². The zero-order chi connectivity index (χ0) is 11.4. The van der Waals surface area contributed by atoms with Crippen molar-refractivity contribution in [2.75, 3.05) is 12.1 Å². The van der Waals surface area contributed by atoms with Crippen LogP contribution in [0.15, 0.2) is 35.4 Å². The molecule has 2 rings (SSSR count). The minimum atomic E-state index is 0.574. The SMILES string of the molecule is CSc1ccc(-n2cc(CCCl)nn2)cc1. The molecule has 0 saturated heterocycles. The van der Waals surface area contributed by atoms with Gasteiger partial charge >= 0.3 is 0 Å². The maximum absolute atomic E-state index is 5.65. The van der Waals surface area contributed by atoms with Gasteiger partial charge in [0, 0.05) is 17.2 Å². The zero-order valence-electron chi connectivity index (χ0n) is 8.93. The third-order valence-corrected chi connectivity index (χ3v) is 3.16. The van der Waals surface area contributed by atoms with Crippen LogP contribution in [0.5, 0.6) is 0 Å². The van der Waals surface area contributed by atoms with Crippen LogP contribution in [0.25, 0.3) is 5.69 Å². The van der Waals surface area contributed by atoms with Gasteiger partial charge in [-0.3, -0.25) is 0 Å². The first-order valence-corrected chi connectivity index (χ1v) is 6.71. The monoisotopic (exact) mass is 253 g/mol. The Kier molecular flexibility index (Phi) is 3.85. The number of aromatic nitrogens is 3. The summed E-state index contributed by atoms with van der Waals surface area (Å²) in [5.41, 5.74) is 1.94. The maximum Gasteiger partial charge on any atom is 0.0843 e. The Hall–Kier alpha value is -1.00. The van der Waals surface area contributed by atoms with Crippen LogP contribution in [0.2, 0.25) is 0 Å². The summed E-state index contributed by atoms with van der Waals surface area (Å²) in [5.74, 6) is 0.574. The van der Waals surface area contributed by atoms with E-state index in [9.17, 15) is 0 Å². The standard InChI is InChI=1S/C11H12ClN3S/c1-16-11-4-2-10(3-5-11)15-8-9(6-7-12)13-14-15/h2-5,8H,6-7H2,1H3. The van der Waals surface area contributed by atoms with E-state index in [1.165, 1.54) is 4.90 Å². The number of rotatable bonds is 4. The molecule has 1 aromatic heterocycles. The van der Waals surface area contributed by atoms with Crippen LogP contribution < -0.4 is 0 Å². The van der Waals surface area contributed by atoms with Gasteiger partial charge in [0.05, 0.1) is 17.6 Å². The second kappa shape index (κ2) is 5.37. The van der Waals surface area contributed by atoms with Crippen molar-refractivity contribution in [1.82, 2.24) is 15.0 Å². The number of hydrogen-bond acceptors (Lipinski definition) is 3. The quantitative estimate of drug-likeness (QED) is 0.620. The summed E-state index contributed by atoms with van der Waals surface area (Å²) in [6, 6.07) is 8.21. The van der Waals surface area contributed by atoms with Crippen molar-refractivity contribution in [2.45, 2.75) is 11.3 Å². The third-order valence-electron chi connectivity index (χ3n) is 2.23. The minimum Gasteiger partial charge on any atom is -0.220 e. The summed E-state index contributed by atoms with van der Waals surface area (Å²) in [5, 5.41) is 8.11. The Morgan fingerprint density at radius 3 is 2.69 bits per heavy atom. The molecule has 0 aliphatic rings. The molecule has 5 heteroatoms. The summed E-state index contributed by atoms with van der Waals surface area (Å²) < 4.78 is 1.77. The second-order valence-corrected chi connectivity index (χ2v) is 4.55. The summed E-state index contributed by atoms with van der Waals surface area (Å²) in [6.45, 7) is 0. The smallest absolute Gasteiger partial charge is 0.0843 e. The number of alkyl halides is 1. The minimum absolute atomic E-state index is 0.574. The van der Waals surface area contributed by atoms with Crippen molar-refractivity contribution in [1.29, 1.82) is 0 Å². The Morgan fingerprint density at radius 1 is 1.31 bits per heavy atom. The number of thioether (sulfide) groups is 1. The number of nitrogens with zero attached hydrogens (tertiary/aromatic N) is 3. The lowest BCUT2D eigenvalue weighted by Crippen LogP contribution is -1.94. The highest BCUT2D eigenvalue weighted by Crippen LogP contribution is 2.16. The molecule has 0 N–H and O–H groups in total. The molecule has 0 radical (unpaired) electrons. The van der Waals surface area contributed by atoms with Gasteiger partial charge in [0.1, 0.15) is 0 Å². The van der Waals surface area contributed by atoms with Crippen LogP contribution in [0.3, 0.4) is 0 Å². The molecule has 0 bridgehead atoms. The van der Waals surface area contributed by atoms with E-state index >= 15 is 0 Å². The van der Waals surface area contributed by atoms with E-state index in [0.717, 1.165) is 17.8 Å². The summed E-state index contributed by atoms with van der Waals surface area (Å²) in [7, 11) is 0. The van der Waals surface area contributed by atoms with Crippen molar-refractivity contribution < 1.29 is 0 Å². The first kappa shape index (κ1) is 11.5. The number of benzene rings is 1. The summed E-state index contributed by atoms with van der Waals surface area (Å²) >= 11 is 7.37. The Bertz CT molecular complexity index is 453. The average Bonchev–Trinajstić information content (AvgIpc) is 2.78. The highest BCUT2D eigenvalue weighted by atomic mass is 35.5. The Morgan fingerprint density at radius 2 is 2.06 bits per heavy atom. The third kappa shape index (κ3) is 2.57. The van der Waals surface area contributed by atoms with E-state index in [1.54, 1.807) is 16.4 Å². The van der Waals surface area contributed by atoms with Gasteiger partial charge in [0.2, 0.25) is 0 Å². The van der Waals surface area contributed by atoms with E-state index < -0.39 is 0 Å². The molecule has 0 saturated carbocycles. The fraction of sp³-hybridized carbons (Fsp3) is 0.273. The van der Waals surface area contributed by atoms with Gasteiger partial charge in [0.25, 0.3) is 0 Å². The topological polar surface area (TPSA) is 30.7 Å². The van der Waals surface area contributed by atoms with Gasteiger partial charge in [-0.2, -0.15) is 0 Å². The molecule has 0 aliphatic carbocycles. The molecule has 0 fully saturated rings. The second-order valence-electron chi connectivity index (χ2n) is 3.29. The molecule has 0 unspecified atom stereocenters. The highest BCUT2D eigenvalue weighted by Gasteiger charge is 2.02. The van der Waals surface area contributed by atoms with Crippen molar-refractivity contribution in [2.24, 2.45) is 0 Å². The molecule has 1 heterocycles. The predicted octanol–water partition coefficient (Wildman–Crippen LogP) is 2.77. The van der Waals surface area contributed by atoms with E-state index in [2.05, 4.69) is 28.7 Å². The molecule has 1 aromatic carbocycles. The number of hydrogen-bond donors (Lipinski definition) is 0.